The predicted molar refractivity (Wildman–Crippen MR) is 37.1 cm³/mol. The minimum absolute atomic E-state index is 0. The van der Waals surface area contributed by atoms with Crippen LogP contribution < -0.4 is 51.4 Å². The molecular formula is H16KO10P. The maximum absolute atomic E-state index is 8.88. The first kappa shape index (κ1) is 69.7. The molecule has 0 fully saturated rings. The van der Waals surface area contributed by atoms with Crippen LogP contribution in [0.4, 0.5) is 0 Å². The van der Waals surface area contributed by atoms with E-state index in [2.05, 4.69) is 0 Å². The maximum atomic E-state index is 8.88. The Morgan fingerprint density at radius 2 is 0.750 bits per heavy atom. The van der Waals surface area contributed by atoms with E-state index in [4.69, 9.17) is 19.2 Å². The Kier molecular flexibility index (Phi) is 171. The molecule has 0 aliphatic rings. The van der Waals surface area contributed by atoms with E-state index in [-0.39, 0.29) is 85.7 Å². The molecule has 10 nitrogen and oxygen atoms in total. The molecule has 0 heterocycles. The van der Waals surface area contributed by atoms with E-state index in [1.165, 1.54) is 0 Å². The first-order valence-electron chi connectivity index (χ1n) is 0.783. The van der Waals surface area contributed by atoms with Crippen molar-refractivity contribution >= 4 is 7.82 Å². The number of hydrogen-bond donors (Lipinski definition) is 3. The number of rotatable bonds is 0. The number of hydrogen-bond acceptors (Lipinski definition) is 1. The summed E-state index contributed by atoms with van der Waals surface area (Å²) in [6.07, 6.45) is 0. The zero-order chi connectivity index (χ0) is 4.50. The fourth-order valence-corrected chi connectivity index (χ4v) is 0. The van der Waals surface area contributed by atoms with Gasteiger partial charge in [0.2, 0.25) is 0 Å². The number of phosphoric acid groups is 1. The van der Waals surface area contributed by atoms with Gasteiger partial charge in [0.05, 0.1) is 0 Å². The third-order valence-corrected chi connectivity index (χ3v) is 0. The Morgan fingerprint density at radius 3 is 0.750 bits per heavy atom. The molecule has 0 saturated heterocycles. The topological polar surface area (TPSA) is 267 Å². The third-order valence-electron chi connectivity index (χ3n) is 0. The second kappa shape index (κ2) is 29.4. The molecule has 15 N–H and O–H groups in total. The summed E-state index contributed by atoms with van der Waals surface area (Å²) >= 11 is 0. The van der Waals surface area contributed by atoms with Gasteiger partial charge in [0.25, 0.3) is 0 Å². The molecule has 0 radical (unpaired) electrons. The first-order chi connectivity index (χ1) is 2.00. The van der Waals surface area contributed by atoms with Gasteiger partial charge in [-0.3, -0.25) is 0 Å². The Bertz CT molecular complexity index is 61.1. The van der Waals surface area contributed by atoms with Gasteiger partial charge in [-0.05, 0) is 0 Å². The summed E-state index contributed by atoms with van der Waals surface area (Å²) in [4.78, 5) is 21.6. The summed E-state index contributed by atoms with van der Waals surface area (Å²) in [5, 5.41) is 0. The van der Waals surface area contributed by atoms with Crippen molar-refractivity contribution < 1.29 is 105 Å². The van der Waals surface area contributed by atoms with Crippen LogP contribution in [0.15, 0.2) is 0 Å². The fourth-order valence-electron chi connectivity index (χ4n) is 0. The molecule has 12 heteroatoms. The summed E-state index contributed by atoms with van der Waals surface area (Å²) < 4.78 is 8.88. The first-order valence-corrected chi connectivity index (χ1v) is 2.35. The molecule has 12 heavy (non-hydrogen) atoms. The largest absolute Gasteiger partial charge is 1.00 e. The minimum atomic E-state index is -4.64. The van der Waals surface area contributed by atoms with Crippen LogP contribution in [0.25, 0.3) is 0 Å². The molecule has 0 spiro atoms. The molecule has 0 unspecified atom stereocenters. The Labute approximate surface area is 112 Å². The summed E-state index contributed by atoms with van der Waals surface area (Å²) in [5.74, 6) is 0. The van der Waals surface area contributed by atoms with Crippen molar-refractivity contribution in [2.75, 3.05) is 0 Å². The van der Waals surface area contributed by atoms with Crippen LogP contribution >= 0.6 is 7.82 Å². The van der Waals surface area contributed by atoms with Crippen LogP contribution in [0.1, 0.15) is 1.43 Å². The molecule has 0 aliphatic heterocycles. The molecule has 0 rings (SSSR count). The van der Waals surface area contributed by atoms with Gasteiger partial charge in [-0.2, -0.15) is 0 Å². The van der Waals surface area contributed by atoms with Crippen molar-refractivity contribution in [1.82, 2.24) is 0 Å². The second-order valence-corrected chi connectivity index (χ2v) is 1.54. The van der Waals surface area contributed by atoms with Crippen LogP contribution in [-0.2, 0) is 4.57 Å². The van der Waals surface area contributed by atoms with Gasteiger partial charge >= 0.3 is 59.2 Å². The summed E-state index contributed by atoms with van der Waals surface area (Å²) in [6.45, 7) is 0. The smallest absolute Gasteiger partial charge is 1.00 e. The monoisotopic (exact) mass is 246 g/mol. The van der Waals surface area contributed by atoms with Gasteiger partial charge in [-0.15, -0.1) is 0 Å². The van der Waals surface area contributed by atoms with Crippen LogP contribution in [0, 0.1) is 0 Å². The van der Waals surface area contributed by atoms with Gasteiger partial charge in [0.1, 0.15) is 0 Å². The second-order valence-electron chi connectivity index (χ2n) is 0.513. The average molecular weight is 246 g/mol. The van der Waals surface area contributed by atoms with Crippen molar-refractivity contribution in [2.45, 2.75) is 0 Å². The van der Waals surface area contributed by atoms with Gasteiger partial charge < -0.3 is 49.0 Å². The van der Waals surface area contributed by atoms with Crippen molar-refractivity contribution in [1.29, 1.82) is 0 Å². The van der Waals surface area contributed by atoms with Crippen LogP contribution in [0.2, 0.25) is 0 Å². The van der Waals surface area contributed by atoms with Gasteiger partial charge in [-0.1, -0.05) is 0 Å². The van der Waals surface area contributed by atoms with Crippen molar-refractivity contribution in [2.24, 2.45) is 0 Å². The van der Waals surface area contributed by atoms with E-state index in [1.807, 2.05) is 0 Å². The molecule has 0 aliphatic carbocycles. The van der Waals surface area contributed by atoms with Gasteiger partial charge in [0.15, 0.2) is 0 Å². The molecular weight excluding hydrogens is 230 g/mol. The molecule has 0 aromatic rings. The van der Waals surface area contributed by atoms with E-state index in [9.17, 15) is 0 Å². The predicted octanol–water partition coefficient (Wildman–Crippen LogP) is -8.76. The summed E-state index contributed by atoms with van der Waals surface area (Å²) in [7, 11) is -4.64. The Balaban J connectivity index is -0.00000000286. The van der Waals surface area contributed by atoms with E-state index >= 15 is 0 Å². The van der Waals surface area contributed by atoms with Crippen LogP contribution in [0.3, 0.4) is 0 Å². The van der Waals surface area contributed by atoms with Crippen molar-refractivity contribution in [3.05, 3.63) is 0 Å². The van der Waals surface area contributed by atoms with Gasteiger partial charge in [-0.25, -0.2) is 4.57 Å². The van der Waals surface area contributed by atoms with Crippen LogP contribution in [-0.4, -0.2) is 47.5 Å². The average Bonchev–Trinajstić information content (AvgIpc) is 0.722. The molecule has 0 atom stereocenters. The summed E-state index contributed by atoms with van der Waals surface area (Å²) in [5.41, 5.74) is 0. The van der Waals surface area contributed by atoms with E-state index in [0.29, 0.717) is 0 Å². The van der Waals surface area contributed by atoms with Crippen molar-refractivity contribution in [3.63, 3.8) is 0 Å². The van der Waals surface area contributed by atoms with Crippen LogP contribution in [0.5, 0.6) is 0 Å². The maximum Gasteiger partial charge on any atom is 1.00 e. The molecule has 0 amide bonds. The SMILES string of the molecule is O.O.O.O.O.O.O=P(O)(O)O.[H-].[K+]. The van der Waals surface area contributed by atoms with E-state index < -0.39 is 7.82 Å². The normalized spacial score (nSPS) is 4.92. The zero-order valence-corrected chi connectivity index (χ0v) is 10.2. The summed E-state index contributed by atoms with van der Waals surface area (Å²) in [6, 6.07) is 0. The van der Waals surface area contributed by atoms with Gasteiger partial charge in [0, 0.05) is 0 Å². The van der Waals surface area contributed by atoms with E-state index in [1.54, 1.807) is 0 Å². The fraction of sp³-hybridized carbons (Fsp3) is 0. The zero-order valence-electron chi connectivity index (χ0n) is 7.20. The Morgan fingerprint density at radius 1 is 0.750 bits per heavy atom. The van der Waals surface area contributed by atoms with E-state index in [0.717, 1.165) is 0 Å². The molecule has 0 bridgehead atoms. The quantitative estimate of drug-likeness (QED) is 0.277. The Hall–Kier alpha value is 1.51. The van der Waals surface area contributed by atoms with Crippen molar-refractivity contribution in [3.8, 4) is 0 Å². The molecule has 0 aromatic heterocycles. The minimum Gasteiger partial charge on any atom is -1.00 e. The molecule has 0 saturated carbocycles. The third kappa shape index (κ3) is 560. The standard InChI is InChI=1S/K.H3O4P.6H2O.H/c;1-5(2,3)4;;;;;;;/h;(H3,1,2,3,4);6*1H2;/q+1;;;;;;;;-1. The molecule has 82 valence electrons. The molecule has 0 aromatic carbocycles.